The molecule has 1 aromatic rings. The molecule has 80 valence electrons. The standard InChI is InChI=1S/C10H10INO3/c1-6-3-4-9(15-11)8(5-6)10(14)12-7(2)13/h3-5H,1-2H3,(H,12,13,14). The van der Waals surface area contributed by atoms with Gasteiger partial charge in [-0.2, -0.15) is 0 Å². The second-order valence-electron chi connectivity index (χ2n) is 3.09. The van der Waals surface area contributed by atoms with Crippen LogP contribution in [0.4, 0.5) is 0 Å². The first kappa shape index (κ1) is 12.0. The summed E-state index contributed by atoms with van der Waals surface area (Å²) in [5.74, 6) is -0.390. The minimum Gasteiger partial charge on any atom is -0.427 e. The number of halogens is 1. The maximum Gasteiger partial charge on any atom is 0.261 e. The van der Waals surface area contributed by atoms with E-state index in [1.165, 1.54) is 6.92 Å². The van der Waals surface area contributed by atoms with Crippen molar-refractivity contribution in [3.05, 3.63) is 29.3 Å². The number of imide groups is 1. The Morgan fingerprint density at radius 1 is 1.40 bits per heavy atom. The summed E-state index contributed by atoms with van der Waals surface area (Å²) in [6.07, 6.45) is 0. The number of amides is 2. The summed E-state index contributed by atoms with van der Waals surface area (Å²) < 4.78 is 5.00. The summed E-state index contributed by atoms with van der Waals surface area (Å²) in [6.45, 7) is 3.15. The summed E-state index contributed by atoms with van der Waals surface area (Å²) in [4.78, 5) is 22.3. The molecule has 0 aliphatic carbocycles. The zero-order chi connectivity index (χ0) is 11.4. The minimum atomic E-state index is -0.446. The fraction of sp³-hybridized carbons (Fsp3) is 0.200. The van der Waals surface area contributed by atoms with E-state index in [4.69, 9.17) is 3.07 Å². The van der Waals surface area contributed by atoms with Gasteiger partial charge in [0, 0.05) is 6.92 Å². The molecule has 0 radical (unpaired) electrons. The topological polar surface area (TPSA) is 55.4 Å². The highest BCUT2D eigenvalue weighted by Crippen LogP contribution is 2.21. The Kier molecular flexibility index (Phi) is 4.07. The van der Waals surface area contributed by atoms with E-state index in [0.29, 0.717) is 11.3 Å². The Balaban J connectivity index is 3.05. The molecule has 0 saturated carbocycles. The first-order chi connectivity index (χ1) is 7.04. The zero-order valence-electron chi connectivity index (χ0n) is 8.33. The smallest absolute Gasteiger partial charge is 0.261 e. The number of carbonyl (C=O) groups is 2. The van der Waals surface area contributed by atoms with E-state index in [0.717, 1.165) is 5.56 Å². The fourth-order valence-corrected chi connectivity index (χ4v) is 1.50. The summed E-state index contributed by atoms with van der Waals surface area (Å²) in [7, 11) is 0. The van der Waals surface area contributed by atoms with Crippen molar-refractivity contribution in [1.29, 1.82) is 0 Å². The fourth-order valence-electron chi connectivity index (χ4n) is 1.12. The molecule has 0 saturated heterocycles. The summed E-state index contributed by atoms with van der Waals surface area (Å²) in [5.41, 5.74) is 1.29. The van der Waals surface area contributed by atoms with Crippen LogP contribution in [0, 0.1) is 6.92 Å². The van der Waals surface area contributed by atoms with Gasteiger partial charge in [0.1, 0.15) is 5.75 Å². The molecule has 0 spiro atoms. The van der Waals surface area contributed by atoms with Crippen LogP contribution < -0.4 is 8.38 Å². The lowest BCUT2D eigenvalue weighted by atomic mass is 10.1. The molecule has 2 amide bonds. The van der Waals surface area contributed by atoms with Crippen LogP contribution in [-0.2, 0) is 4.79 Å². The first-order valence-electron chi connectivity index (χ1n) is 4.25. The zero-order valence-corrected chi connectivity index (χ0v) is 10.5. The van der Waals surface area contributed by atoms with E-state index in [9.17, 15) is 9.59 Å². The molecule has 0 bridgehead atoms. The maximum atomic E-state index is 11.6. The number of benzene rings is 1. The summed E-state index contributed by atoms with van der Waals surface area (Å²) in [6, 6.07) is 5.20. The van der Waals surface area contributed by atoms with Crippen LogP contribution in [0.3, 0.4) is 0 Å². The highest BCUT2D eigenvalue weighted by Gasteiger charge is 2.13. The number of rotatable bonds is 2. The second kappa shape index (κ2) is 5.11. The van der Waals surface area contributed by atoms with Crippen LogP contribution in [0.2, 0.25) is 0 Å². The van der Waals surface area contributed by atoms with E-state index in [-0.39, 0.29) is 5.91 Å². The molecule has 0 aliphatic heterocycles. The monoisotopic (exact) mass is 319 g/mol. The van der Waals surface area contributed by atoms with Crippen molar-refractivity contribution in [1.82, 2.24) is 5.32 Å². The van der Waals surface area contributed by atoms with Crippen molar-refractivity contribution in [3.8, 4) is 5.75 Å². The van der Waals surface area contributed by atoms with Crippen LogP contribution in [0.1, 0.15) is 22.8 Å². The largest absolute Gasteiger partial charge is 0.427 e. The molecule has 0 heterocycles. The van der Waals surface area contributed by atoms with Crippen molar-refractivity contribution in [3.63, 3.8) is 0 Å². The van der Waals surface area contributed by atoms with Gasteiger partial charge in [0.2, 0.25) is 5.91 Å². The van der Waals surface area contributed by atoms with Gasteiger partial charge in [0.05, 0.1) is 5.56 Å². The lowest BCUT2D eigenvalue weighted by Gasteiger charge is -2.06. The van der Waals surface area contributed by atoms with Crippen molar-refractivity contribution < 1.29 is 12.7 Å². The Morgan fingerprint density at radius 2 is 2.07 bits per heavy atom. The molecule has 0 aromatic heterocycles. The van der Waals surface area contributed by atoms with Gasteiger partial charge in [-0.1, -0.05) is 11.6 Å². The third-order valence-electron chi connectivity index (χ3n) is 1.75. The van der Waals surface area contributed by atoms with Crippen molar-refractivity contribution >= 4 is 34.8 Å². The van der Waals surface area contributed by atoms with E-state index in [1.807, 2.05) is 13.0 Å². The van der Waals surface area contributed by atoms with Gasteiger partial charge in [-0.15, -0.1) is 0 Å². The normalized spacial score (nSPS) is 9.53. The molecular formula is C10H10INO3. The van der Waals surface area contributed by atoms with E-state index >= 15 is 0 Å². The van der Waals surface area contributed by atoms with Gasteiger partial charge in [-0.25, -0.2) is 0 Å². The Morgan fingerprint density at radius 3 is 2.60 bits per heavy atom. The Bertz CT molecular complexity index is 404. The van der Waals surface area contributed by atoms with Gasteiger partial charge >= 0.3 is 0 Å². The van der Waals surface area contributed by atoms with Crippen LogP contribution in [-0.4, -0.2) is 11.8 Å². The van der Waals surface area contributed by atoms with Gasteiger partial charge in [-0.05, 0) is 19.1 Å². The first-order valence-corrected chi connectivity index (χ1v) is 5.14. The predicted molar refractivity (Wildman–Crippen MR) is 64.0 cm³/mol. The van der Waals surface area contributed by atoms with Gasteiger partial charge < -0.3 is 3.07 Å². The van der Waals surface area contributed by atoms with Crippen molar-refractivity contribution in [2.24, 2.45) is 0 Å². The molecule has 0 unspecified atom stereocenters. The molecule has 1 aromatic carbocycles. The second-order valence-corrected chi connectivity index (χ2v) is 3.53. The number of aryl methyl sites for hydroxylation is 1. The van der Waals surface area contributed by atoms with Crippen LogP contribution in [0.25, 0.3) is 0 Å². The van der Waals surface area contributed by atoms with Crippen LogP contribution in [0.5, 0.6) is 5.75 Å². The predicted octanol–water partition coefficient (Wildman–Crippen LogP) is 2.00. The SMILES string of the molecule is CC(=O)NC(=O)c1cc(C)ccc1OI. The Labute approximate surface area is 102 Å². The molecule has 0 fully saturated rings. The van der Waals surface area contributed by atoms with Gasteiger partial charge in [0.15, 0.2) is 23.0 Å². The van der Waals surface area contributed by atoms with Gasteiger partial charge in [-0.3, -0.25) is 14.9 Å². The molecular weight excluding hydrogens is 309 g/mol. The average Bonchev–Trinajstić information content (AvgIpc) is 2.16. The van der Waals surface area contributed by atoms with Crippen molar-refractivity contribution in [2.45, 2.75) is 13.8 Å². The highest BCUT2D eigenvalue weighted by atomic mass is 127. The lowest BCUT2D eigenvalue weighted by Crippen LogP contribution is -2.28. The third kappa shape index (κ3) is 3.19. The summed E-state index contributed by atoms with van der Waals surface area (Å²) in [5, 5.41) is 2.20. The quantitative estimate of drug-likeness (QED) is 0.849. The third-order valence-corrected chi connectivity index (χ3v) is 2.23. The molecule has 1 N–H and O–H groups in total. The molecule has 5 heteroatoms. The van der Waals surface area contributed by atoms with E-state index in [2.05, 4.69) is 5.32 Å². The molecule has 0 atom stereocenters. The molecule has 15 heavy (non-hydrogen) atoms. The number of hydrogen-bond donors (Lipinski definition) is 1. The Hall–Kier alpha value is -1.11. The highest BCUT2D eigenvalue weighted by molar-refractivity contribution is 14.1. The minimum absolute atomic E-state index is 0.361. The maximum absolute atomic E-state index is 11.6. The summed E-state index contributed by atoms with van der Waals surface area (Å²) >= 11 is 1.69. The average molecular weight is 319 g/mol. The lowest BCUT2D eigenvalue weighted by molar-refractivity contribution is -0.118. The van der Waals surface area contributed by atoms with E-state index < -0.39 is 5.91 Å². The van der Waals surface area contributed by atoms with Gasteiger partial charge in [0.25, 0.3) is 5.91 Å². The van der Waals surface area contributed by atoms with E-state index in [1.54, 1.807) is 35.1 Å². The van der Waals surface area contributed by atoms with Crippen molar-refractivity contribution in [2.75, 3.05) is 0 Å². The van der Waals surface area contributed by atoms with Crippen LogP contribution >= 0.6 is 23.0 Å². The number of carbonyl (C=O) groups excluding carboxylic acids is 2. The molecule has 4 nitrogen and oxygen atoms in total. The number of nitrogens with one attached hydrogen (secondary N) is 1. The molecule has 1 rings (SSSR count). The van der Waals surface area contributed by atoms with Crippen LogP contribution in [0.15, 0.2) is 18.2 Å². The number of hydrogen-bond acceptors (Lipinski definition) is 3. The molecule has 0 aliphatic rings.